The molecule has 0 aliphatic heterocycles. The predicted octanol–water partition coefficient (Wildman–Crippen LogP) is 4.44. The minimum Gasteiger partial charge on any atom is -0.292 e. The van der Waals surface area contributed by atoms with Crippen molar-refractivity contribution >= 4 is 5.78 Å². The van der Waals surface area contributed by atoms with Crippen LogP contribution in [0.3, 0.4) is 0 Å². The standard InChI is InChI=1S/C18H16FNO/c1-12(2)13-7-9-14(10-8-13)16(11-20)18(21)15-5-3-4-6-17(15)19/h3-10,12,16H,1-2H3. The molecule has 0 aromatic heterocycles. The van der Waals surface area contributed by atoms with Gasteiger partial charge >= 0.3 is 0 Å². The molecule has 0 amide bonds. The highest BCUT2D eigenvalue weighted by atomic mass is 19.1. The SMILES string of the molecule is CC(C)c1ccc(C(C#N)C(=O)c2ccccc2F)cc1. The summed E-state index contributed by atoms with van der Waals surface area (Å²) in [6.07, 6.45) is 0. The summed E-state index contributed by atoms with van der Waals surface area (Å²) in [6, 6.07) is 15.1. The number of benzene rings is 2. The molecule has 2 aromatic carbocycles. The van der Waals surface area contributed by atoms with Crippen molar-refractivity contribution in [1.82, 2.24) is 0 Å². The van der Waals surface area contributed by atoms with Crippen molar-refractivity contribution in [2.24, 2.45) is 0 Å². The number of carbonyl (C=O) groups excluding carboxylic acids is 1. The lowest BCUT2D eigenvalue weighted by Crippen LogP contribution is -2.13. The molecule has 2 aromatic rings. The Balaban J connectivity index is 2.34. The van der Waals surface area contributed by atoms with E-state index in [4.69, 9.17) is 0 Å². The first-order valence-corrected chi connectivity index (χ1v) is 6.82. The Bertz CT molecular complexity index is 683. The average molecular weight is 281 g/mol. The van der Waals surface area contributed by atoms with E-state index < -0.39 is 17.5 Å². The normalized spacial score (nSPS) is 12.0. The number of hydrogen-bond acceptors (Lipinski definition) is 2. The van der Waals surface area contributed by atoms with Crippen LogP contribution in [0.4, 0.5) is 4.39 Å². The maximum Gasteiger partial charge on any atom is 0.187 e. The molecule has 0 aliphatic carbocycles. The minimum atomic E-state index is -0.983. The van der Waals surface area contributed by atoms with Crippen LogP contribution < -0.4 is 0 Å². The Morgan fingerprint density at radius 1 is 1.05 bits per heavy atom. The van der Waals surface area contributed by atoms with Gasteiger partial charge in [0, 0.05) is 0 Å². The highest BCUT2D eigenvalue weighted by molar-refractivity contribution is 6.02. The third kappa shape index (κ3) is 3.17. The summed E-state index contributed by atoms with van der Waals surface area (Å²) in [6.45, 7) is 4.14. The van der Waals surface area contributed by atoms with Gasteiger partial charge in [-0.05, 0) is 29.2 Å². The Labute approximate surface area is 123 Å². The molecule has 1 atom stereocenters. The van der Waals surface area contributed by atoms with E-state index in [0.717, 1.165) is 5.56 Å². The number of hydrogen-bond donors (Lipinski definition) is 0. The van der Waals surface area contributed by atoms with Gasteiger partial charge in [-0.2, -0.15) is 5.26 Å². The number of halogens is 1. The van der Waals surface area contributed by atoms with Crippen LogP contribution in [0.15, 0.2) is 48.5 Å². The average Bonchev–Trinajstić information content (AvgIpc) is 2.49. The Kier molecular flexibility index (Phi) is 4.49. The summed E-state index contributed by atoms with van der Waals surface area (Å²) in [5, 5.41) is 9.29. The molecule has 3 heteroatoms. The lowest BCUT2D eigenvalue weighted by molar-refractivity contribution is 0.0975. The van der Waals surface area contributed by atoms with Crippen molar-refractivity contribution in [1.29, 1.82) is 5.26 Å². The molecule has 0 fully saturated rings. The quantitative estimate of drug-likeness (QED) is 0.777. The lowest BCUT2D eigenvalue weighted by Gasteiger charge is -2.11. The molecule has 21 heavy (non-hydrogen) atoms. The number of ketones is 1. The summed E-state index contributed by atoms with van der Waals surface area (Å²) in [4.78, 5) is 12.4. The van der Waals surface area contributed by atoms with Crippen molar-refractivity contribution in [2.75, 3.05) is 0 Å². The van der Waals surface area contributed by atoms with Crippen LogP contribution in [0.1, 0.15) is 47.2 Å². The topological polar surface area (TPSA) is 40.9 Å². The molecular weight excluding hydrogens is 265 g/mol. The Hall–Kier alpha value is -2.47. The zero-order valence-corrected chi connectivity index (χ0v) is 12.0. The van der Waals surface area contributed by atoms with E-state index in [0.29, 0.717) is 11.5 Å². The fraction of sp³-hybridized carbons (Fsp3) is 0.222. The summed E-state index contributed by atoms with van der Waals surface area (Å²) in [5.74, 6) is -1.71. The first-order valence-electron chi connectivity index (χ1n) is 6.82. The highest BCUT2D eigenvalue weighted by Crippen LogP contribution is 2.24. The second-order valence-electron chi connectivity index (χ2n) is 5.23. The molecule has 0 aliphatic rings. The van der Waals surface area contributed by atoms with Crippen LogP contribution in [-0.4, -0.2) is 5.78 Å². The number of Topliss-reactive ketones (excluding diaryl/α,β-unsaturated/α-hetero) is 1. The van der Waals surface area contributed by atoms with E-state index >= 15 is 0 Å². The van der Waals surface area contributed by atoms with Crippen molar-refractivity contribution in [2.45, 2.75) is 25.7 Å². The summed E-state index contributed by atoms with van der Waals surface area (Å²) < 4.78 is 13.7. The third-order valence-electron chi connectivity index (χ3n) is 3.47. The molecule has 0 N–H and O–H groups in total. The monoisotopic (exact) mass is 281 g/mol. The van der Waals surface area contributed by atoms with E-state index in [1.165, 1.54) is 18.2 Å². The molecular formula is C18H16FNO. The molecule has 0 bridgehead atoms. The summed E-state index contributed by atoms with van der Waals surface area (Å²) in [7, 11) is 0. The first kappa shape index (κ1) is 14.9. The van der Waals surface area contributed by atoms with Crippen molar-refractivity contribution < 1.29 is 9.18 Å². The summed E-state index contributed by atoms with van der Waals surface area (Å²) in [5.41, 5.74) is 1.68. The fourth-order valence-electron chi connectivity index (χ4n) is 2.17. The van der Waals surface area contributed by atoms with E-state index in [9.17, 15) is 14.4 Å². The van der Waals surface area contributed by atoms with Crippen molar-refractivity contribution in [3.05, 3.63) is 71.0 Å². The minimum absolute atomic E-state index is 0.0445. The fourth-order valence-corrected chi connectivity index (χ4v) is 2.17. The smallest absolute Gasteiger partial charge is 0.187 e. The van der Waals surface area contributed by atoms with Crippen molar-refractivity contribution in [3.8, 4) is 6.07 Å². The first-order chi connectivity index (χ1) is 10.0. The van der Waals surface area contributed by atoms with Crippen molar-refractivity contribution in [3.63, 3.8) is 0 Å². The van der Waals surface area contributed by atoms with Gasteiger partial charge in [-0.1, -0.05) is 50.2 Å². The number of nitrogens with zero attached hydrogens (tertiary/aromatic N) is 1. The van der Waals surface area contributed by atoms with Crippen LogP contribution in [0, 0.1) is 17.1 Å². The molecule has 0 radical (unpaired) electrons. The zero-order chi connectivity index (χ0) is 15.4. The number of rotatable bonds is 4. The number of carbonyl (C=O) groups is 1. The molecule has 0 spiro atoms. The van der Waals surface area contributed by atoms with Gasteiger partial charge in [0.15, 0.2) is 5.78 Å². The van der Waals surface area contributed by atoms with Crippen LogP contribution in [0.5, 0.6) is 0 Å². The summed E-state index contributed by atoms with van der Waals surface area (Å²) >= 11 is 0. The van der Waals surface area contributed by atoms with Gasteiger partial charge in [0.1, 0.15) is 11.7 Å². The maximum atomic E-state index is 13.7. The van der Waals surface area contributed by atoms with E-state index in [-0.39, 0.29) is 5.56 Å². The second-order valence-corrected chi connectivity index (χ2v) is 5.23. The molecule has 106 valence electrons. The number of nitriles is 1. The van der Waals surface area contributed by atoms with Crippen LogP contribution in [0.2, 0.25) is 0 Å². The molecule has 0 saturated carbocycles. The second kappa shape index (κ2) is 6.32. The van der Waals surface area contributed by atoms with E-state index in [1.807, 2.05) is 18.2 Å². The highest BCUT2D eigenvalue weighted by Gasteiger charge is 2.24. The van der Waals surface area contributed by atoms with Gasteiger partial charge in [-0.3, -0.25) is 4.79 Å². The largest absolute Gasteiger partial charge is 0.292 e. The van der Waals surface area contributed by atoms with Gasteiger partial charge in [-0.15, -0.1) is 0 Å². The molecule has 1 unspecified atom stereocenters. The lowest BCUT2D eigenvalue weighted by atomic mass is 9.90. The van der Waals surface area contributed by atoms with E-state index in [2.05, 4.69) is 13.8 Å². The van der Waals surface area contributed by atoms with Gasteiger partial charge in [0.25, 0.3) is 0 Å². The molecule has 0 saturated heterocycles. The maximum absolute atomic E-state index is 13.7. The van der Waals surface area contributed by atoms with Crippen LogP contribution >= 0.6 is 0 Å². The van der Waals surface area contributed by atoms with Crippen LogP contribution in [0.25, 0.3) is 0 Å². The molecule has 0 heterocycles. The zero-order valence-electron chi connectivity index (χ0n) is 12.0. The van der Waals surface area contributed by atoms with Crippen LogP contribution in [-0.2, 0) is 0 Å². The van der Waals surface area contributed by atoms with Gasteiger partial charge < -0.3 is 0 Å². The molecule has 2 rings (SSSR count). The van der Waals surface area contributed by atoms with Gasteiger partial charge in [0.2, 0.25) is 0 Å². The van der Waals surface area contributed by atoms with Gasteiger partial charge in [0.05, 0.1) is 11.6 Å². The van der Waals surface area contributed by atoms with Gasteiger partial charge in [-0.25, -0.2) is 4.39 Å². The van der Waals surface area contributed by atoms with E-state index in [1.54, 1.807) is 18.2 Å². The Morgan fingerprint density at radius 3 is 2.14 bits per heavy atom. The molecule has 2 nitrogen and oxygen atoms in total. The predicted molar refractivity (Wildman–Crippen MR) is 79.6 cm³/mol. The third-order valence-corrected chi connectivity index (χ3v) is 3.47. The Morgan fingerprint density at radius 2 is 1.62 bits per heavy atom.